The van der Waals surface area contributed by atoms with E-state index in [-0.39, 0.29) is 38.5 Å². The fraction of sp³-hybridized carbons (Fsp3) is 0.947. The molecule has 0 unspecified atom stereocenters. The number of carbonyl (C=O) groups excluding carboxylic acids is 6. The van der Waals surface area contributed by atoms with E-state index in [0.29, 0.717) is 38.5 Å². The van der Waals surface area contributed by atoms with Crippen molar-refractivity contribution in [3.63, 3.8) is 0 Å². The van der Waals surface area contributed by atoms with E-state index in [2.05, 4.69) is 41.5 Å². The summed E-state index contributed by atoms with van der Waals surface area (Å²) < 4.78 is 40.2. The van der Waals surface area contributed by atoms with Gasteiger partial charge in [-0.2, -0.15) is 0 Å². The van der Waals surface area contributed by atoms with Gasteiger partial charge < -0.3 is 28.4 Å². The Hall–Kier alpha value is -3.18. The van der Waals surface area contributed by atoms with E-state index in [1.807, 2.05) is 0 Å². The summed E-state index contributed by atoms with van der Waals surface area (Å²) in [7, 11) is 0. The molecule has 0 heterocycles. The van der Waals surface area contributed by atoms with Gasteiger partial charge >= 0.3 is 35.8 Å². The first kappa shape index (κ1) is 121. The molecule has 0 atom stereocenters. The Morgan fingerprint density at radius 1 is 0.111 bits per heavy atom. The molecule has 0 saturated heterocycles. The van der Waals surface area contributed by atoms with Crippen molar-refractivity contribution in [2.75, 3.05) is 0 Å². The van der Waals surface area contributed by atoms with Gasteiger partial charge in [0.25, 0.3) is 0 Å². The van der Waals surface area contributed by atoms with Crippen molar-refractivity contribution in [3.05, 3.63) is 0 Å². The summed E-state index contributed by atoms with van der Waals surface area (Å²) in [5.41, 5.74) is 0. The lowest BCUT2D eigenvalue weighted by atomic mass is 9.83. The molecule has 1 rings (SSSR count). The fourth-order valence-corrected chi connectivity index (χ4v) is 19.0. The van der Waals surface area contributed by atoms with Gasteiger partial charge in [0.15, 0.2) is 36.6 Å². The van der Waals surface area contributed by atoms with Gasteiger partial charge in [-0.3, -0.25) is 28.8 Å². The van der Waals surface area contributed by atoms with Crippen molar-refractivity contribution < 1.29 is 57.2 Å². The summed E-state index contributed by atoms with van der Waals surface area (Å²) in [6, 6.07) is 0. The quantitative estimate of drug-likeness (QED) is 0.0323. The van der Waals surface area contributed by atoms with Crippen LogP contribution in [0, 0.1) is 0 Å². The Balaban J connectivity index is 3.89. The predicted molar refractivity (Wildman–Crippen MR) is 537 cm³/mol. The lowest BCUT2D eigenvalue weighted by molar-refractivity contribution is -0.262. The van der Waals surface area contributed by atoms with Crippen molar-refractivity contribution in [2.45, 2.75) is 695 Å². The van der Waals surface area contributed by atoms with Crippen molar-refractivity contribution in [1.29, 1.82) is 0 Å². The number of carbonyl (C=O) groups is 6. The molecule has 0 aromatic heterocycles. The molecule has 0 aromatic carbocycles. The molecule has 744 valence electrons. The second-order valence-corrected chi connectivity index (χ2v) is 39.9. The molecule has 0 aromatic rings. The minimum absolute atomic E-state index is 0.0549. The van der Waals surface area contributed by atoms with Crippen molar-refractivity contribution >= 4 is 35.8 Å². The highest BCUT2D eigenvalue weighted by Crippen LogP contribution is 2.37. The van der Waals surface area contributed by atoms with E-state index in [1.165, 1.54) is 385 Å². The molecule has 1 saturated carbocycles. The molecule has 12 heteroatoms. The van der Waals surface area contributed by atoms with E-state index in [1.54, 1.807) is 0 Å². The van der Waals surface area contributed by atoms with Crippen LogP contribution in [0.15, 0.2) is 0 Å². The SMILES string of the molecule is CCCCCCCCCCCCCCCCCC(=O)OC1C(OC(=O)CCCCCCCCCCCCCCCCC)C(OC(=O)CCCCCCCCCCCCCCCCC)C(OC(=O)CCCCCCCCCCCCCCCCC)C(OC(=O)CCCCCCCCCCCCCCCCC)C1OC(=O)CCCCCCCCCCCCCCCCC. The molecule has 12 nitrogen and oxygen atoms in total. The second kappa shape index (κ2) is 97.8. The van der Waals surface area contributed by atoms with Crippen molar-refractivity contribution in [1.82, 2.24) is 0 Å². The third kappa shape index (κ3) is 80.5. The normalized spacial score (nSPS) is 15.8. The number of ether oxygens (including phenoxy) is 6. The van der Waals surface area contributed by atoms with Gasteiger partial charge in [-0.25, -0.2) is 0 Å². The number of unbranched alkanes of at least 4 members (excludes halogenated alkanes) is 84. The van der Waals surface area contributed by atoms with Crippen LogP contribution in [0.3, 0.4) is 0 Å². The standard InChI is InChI=1S/C114H216O12/c1-7-13-19-25-31-37-43-49-55-61-67-73-79-85-91-97-103(115)121-109-110(122-104(116)98-92-86-80-74-68-62-56-50-44-38-32-26-20-14-8-2)112(124-106(118)100-94-88-82-76-70-64-58-52-46-40-34-28-22-16-10-4)114(126-108(120)102-96-90-84-78-72-66-60-54-48-42-36-30-24-18-12-6)113(125-107(119)101-95-89-83-77-71-65-59-53-47-41-35-29-23-17-11-5)111(109)123-105(117)99-93-87-81-75-69-63-57-51-45-39-33-27-21-15-9-3/h109-114H,7-102H2,1-6H3. The van der Waals surface area contributed by atoms with E-state index >= 15 is 0 Å². The maximum absolute atomic E-state index is 14.9. The Kier molecular flexibility index (Phi) is 93.8. The molecule has 1 aliphatic rings. The third-order valence-electron chi connectivity index (χ3n) is 27.5. The fourth-order valence-electron chi connectivity index (χ4n) is 19.0. The minimum atomic E-state index is -1.57. The van der Waals surface area contributed by atoms with Crippen LogP contribution in [-0.2, 0) is 57.2 Å². The first-order valence-corrected chi connectivity index (χ1v) is 57.2. The Morgan fingerprint density at radius 2 is 0.175 bits per heavy atom. The molecule has 0 aliphatic heterocycles. The van der Waals surface area contributed by atoms with E-state index in [0.717, 1.165) is 154 Å². The van der Waals surface area contributed by atoms with Crippen LogP contribution in [0.5, 0.6) is 0 Å². The first-order chi connectivity index (χ1) is 62.1. The third-order valence-corrected chi connectivity index (χ3v) is 27.5. The van der Waals surface area contributed by atoms with E-state index in [4.69, 9.17) is 28.4 Å². The molecular formula is C114H216O12. The van der Waals surface area contributed by atoms with Gasteiger partial charge in [-0.05, 0) is 38.5 Å². The summed E-state index contributed by atoms with van der Waals surface area (Å²) in [5, 5.41) is 0. The lowest BCUT2D eigenvalue weighted by Gasteiger charge is -2.47. The Labute approximate surface area is 783 Å². The average molecular weight is 1780 g/mol. The van der Waals surface area contributed by atoms with Gasteiger partial charge in [-0.1, -0.05) is 581 Å². The second-order valence-electron chi connectivity index (χ2n) is 39.9. The molecule has 1 aliphatic carbocycles. The molecule has 126 heavy (non-hydrogen) atoms. The largest absolute Gasteiger partial charge is 0.454 e. The zero-order chi connectivity index (χ0) is 91.1. The van der Waals surface area contributed by atoms with E-state index < -0.39 is 72.4 Å². The van der Waals surface area contributed by atoms with Crippen LogP contribution in [0.2, 0.25) is 0 Å². The van der Waals surface area contributed by atoms with Crippen LogP contribution in [0.1, 0.15) is 658 Å². The van der Waals surface area contributed by atoms with Crippen molar-refractivity contribution in [3.8, 4) is 0 Å². The molecular weight excluding hydrogens is 1560 g/mol. The lowest BCUT2D eigenvalue weighted by Crippen LogP contribution is -2.69. The zero-order valence-corrected chi connectivity index (χ0v) is 85.2. The summed E-state index contributed by atoms with van der Waals surface area (Å²) in [6.45, 7) is 13.6. The number of hydrogen-bond donors (Lipinski definition) is 0. The topological polar surface area (TPSA) is 158 Å². The highest BCUT2D eigenvalue weighted by molar-refractivity contribution is 5.74. The maximum atomic E-state index is 14.9. The van der Waals surface area contributed by atoms with Crippen LogP contribution in [-0.4, -0.2) is 72.4 Å². The van der Waals surface area contributed by atoms with E-state index in [9.17, 15) is 28.8 Å². The summed E-state index contributed by atoms with van der Waals surface area (Å²) in [5.74, 6) is -3.44. The first-order valence-electron chi connectivity index (χ1n) is 57.2. The highest BCUT2D eigenvalue weighted by Gasteiger charge is 2.61. The van der Waals surface area contributed by atoms with Crippen LogP contribution in [0.4, 0.5) is 0 Å². The minimum Gasteiger partial charge on any atom is -0.454 e. The molecule has 0 radical (unpaired) electrons. The molecule has 0 spiro atoms. The zero-order valence-electron chi connectivity index (χ0n) is 85.2. The molecule has 0 N–H and O–H groups in total. The van der Waals surface area contributed by atoms with Crippen LogP contribution < -0.4 is 0 Å². The van der Waals surface area contributed by atoms with Gasteiger partial charge in [-0.15, -0.1) is 0 Å². The summed E-state index contributed by atoms with van der Waals surface area (Å²) >= 11 is 0. The average Bonchev–Trinajstić information content (AvgIpc) is 0.756. The van der Waals surface area contributed by atoms with Gasteiger partial charge in [0.1, 0.15) is 0 Å². The molecule has 1 fully saturated rings. The molecule has 0 amide bonds. The Morgan fingerprint density at radius 3 is 0.246 bits per heavy atom. The molecule has 0 bridgehead atoms. The predicted octanol–water partition coefficient (Wildman–Crippen LogP) is 37.0. The number of rotatable bonds is 102. The van der Waals surface area contributed by atoms with Gasteiger partial charge in [0, 0.05) is 38.5 Å². The van der Waals surface area contributed by atoms with Crippen LogP contribution >= 0.6 is 0 Å². The number of esters is 6. The van der Waals surface area contributed by atoms with Crippen molar-refractivity contribution in [2.24, 2.45) is 0 Å². The number of hydrogen-bond acceptors (Lipinski definition) is 12. The monoisotopic (exact) mass is 1780 g/mol. The smallest absolute Gasteiger partial charge is 0.306 e. The highest BCUT2D eigenvalue weighted by atomic mass is 16.7. The summed E-state index contributed by atoms with van der Waals surface area (Å²) in [4.78, 5) is 89.6. The maximum Gasteiger partial charge on any atom is 0.306 e. The summed E-state index contributed by atoms with van der Waals surface area (Å²) in [6.07, 6.45) is 97.0. The van der Waals surface area contributed by atoms with Gasteiger partial charge in [0.05, 0.1) is 0 Å². The Bertz CT molecular complexity index is 1890. The van der Waals surface area contributed by atoms with Crippen LogP contribution in [0.25, 0.3) is 0 Å². The van der Waals surface area contributed by atoms with Gasteiger partial charge in [0.2, 0.25) is 0 Å².